The molecule has 0 bridgehead atoms. The quantitative estimate of drug-likeness (QED) is 0.854. The Morgan fingerprint density at radius 2 is 1.67 bits per heavy atom. The lowest BCUT2D eigenvalue weighted by atomic mass is 10.2. The average molecular weight is 322 g/mol. The van der Waals surface area contributed by atoms with E-state index in [4.69, 9.17) is 16.7 Å². The molecular formula is C15H12ClNO3S. The van der Waals surface area contributed by atoms with E-state index in [-0.39, 0.29) is 11.5 Å². The Morgan fingerprint density at radius 3 is 2.24 bits per heavy atom. The summed E-state index contributed by atoms with van der Waals surface area (Å²) in [4.78, 5) is 0.131. The molecule has 4 nitrogen and oxygen atoms in total. The maximum atomic E-state index is 12.2. The summed E-state index contributed by atoms with van der Waals surface area (Å²) in [6.45, 7) is -0.238. The number of nitrogens with one attached hydrogen (secondary N) is 1. The summed E-state index contributed by atoms with van der Waals surface area (Å²) in [6, 6.07) is 12.5. The molecule has 0 heterocycles. The van der Waals surface area contributed by atoms with Crippen molar-refractivity contribution in [1.29, 1.82) is 0 Å². The summed E-state index contributed by atoms with van der Waals surface area (Å²) in [5.41, 5.74) is 1.07. The third-order valence-corrected chi connectivity index (χ3v) is 4.22. The van der Waals surface area contributed by atoms with Gasteiger partial charge in [0, 0.05) is 16.3 Å². The molecule has 0 saturated carbocycles. The SMILES string of the molecule is O=S(=O)(Nc1ccc(Cl)cc1)c1ccc(C#CCO)cc1. The number of halogens is 1. The van der Waals surface area contributed by atoms with Gasteiger partial charge in [0.05, 0.1) is 4.90 Å². The van der Waals surface area contributed by atoms with Crippen LogP contribution in [0.25, 0.3) is 0 Å². The van der Waals surface area contributed by atoms with E-state index in [1.165, 1.54) is 12.1 Å². The minimum atomic E-state index is -3.65. The van der Waals surface area contributed by atoms with Crippen LogP contribution in [0.5, 0.6) is 0 Å². The van der Waals surface area contributed by atoms with Crippen LogP contribution in [0.3, 0.4) is 0 Å². The Morgan fingerprint density at radius 1 is 1.05 bits per heavy atom. The van der Waals surface area contributed by atoms with Crippen LogP contribution in [0, 0.1) is 11.8 Å². The van der Waals surface area contributed by atoms with Crippen LogP contribution in [0.2, 0.25) is 5.02 Å². The predicted molar refractivity (Wildman–Crippen MR) is 82.7 cm³/mol. The Hall–Kier alpha value is -2.00. The monoisotopic (exact) mass is 321 g/mol. The molecule has 0 atom stereocenters. The minimum Gasteiger partial charge on any atom is -0.384 e. The van der Waals surface area contributed by atoms with E-state index < -0.39 is 10.0 Å². The number of aliphatic hydroxyl groups excluding tert-OH is 1. The third-order valence-electron chi connectivity index (χ3n) is 2.57. The van der Waals surface area contributed by atoms with Crippen molar-refractivity contribution in [3.63, 3.8) is 0 Å². The second-order valence-electron chi connectivity index (χ2n) is 4.10. The number of aliphatic hydroxyl groups is 1. The first-order valence-electron chi connectivity index (χ1n) is 5.99. The van der Waals surface area contributed by atoms with Gasteiger partial charge >= 0.3 is 0 Å². The molecule has 0 radical (unpaired) electrons. The van der Waals surface area contributed by atoms with Crippen molar-refractivity contribution < 1.29 is 13.5 Å². The Labute approximate surface area is 128 Å². The van der Waals surface area contributed by atoms with Gasteiger partial charge in [-0.3, -0.25) is 4.72 Å². The molecule has 0 fully saturated rings. The largest absolute Gasteiger partial charge is 0.384 e. The zero-order chi connectivity index (χ0) is 15.3. The van der Waals surface area contributed by atoms with Crippen molar-refractivity contribution in [2.45, 2.75) is 4.90 Å². The molecule has 0 aliphatic heterocycles. The highest BCUT2D eigenvalue weighted by molar-refractivity contribution is 7.92. The zero-order valence-corrected chi connectivity index (χ0v) is 12.4. The molecule has 21 heavy (non-hydrogen) atoms. The van der Waals surface area contributed by atoms with Crippen LogP contribution in [0.4, 0.5) is 5.69 Å². The third kappa shape index (κ3) is 4.23. The summed E-state index contributed by atoms with van der Waals surface area (Å²) in [5, 5.41) is 9.14. The number of hydrogen-bond acceptors (Lipinski definition) is 3. The maximum Gasteiger partial charge on any atom is 0.261 e. The lowest BCUT2D eigenvalue weighted by molar-refractivity contribution is 0.350. The van der Waals surface area contributed by atoms with Crippen molar-refractivity contribution in [3.05, 3.63) is 59.1 Å². The molecule has 0 aliphatic carbocycles. The van der Waals surface area contributed by atoms with E-state index >= 15 is 0 Å². The number of benzene rings is 2. The van der Waals surface area contributed by atoms with Gasteiger partial charge < -0.3 is 5.11 Å². The van der Waals surface area contributed by atoms with Crippen LogP contribution in [-0.4, -0.2) is 20.1 Å². The molecular weight excluding hydrogens is 310 g/mol. The minimum absolute atomic E-state index is 0.131. The summed E-state index contributed by atoms with van der Waals surface area (Å²) < 4.78 is 26.8. The standard InChI is InChI=1S/C15H12ClNO3S/c16-13-5-7-14(8-6-13)17-21(19,20)15-9-3-12(4-10-15)2-1-11-18/h3-10,17-18H,11H2. The van der Waals surface area contributed by atoms with Gasteiger partial charge in [-0.1, -0.05) is 23.4 Å². The second kappa shape index (κ2) is 6.64. The highest BCUT2D eigenvalue weighted by atomic mass is 35.5. The van der Waals surface area contributed by atoms with E-state index in [9.17, 15) is 8.42 Å². The Balaban J connectivity index is 2.21. The molecule has 6 heteroatoms. The lowest BCUT2D eigenvalue weighted by Crippen LogP contribution is -2.12. The normalized spacial score (nSPS) is 10.6. The maximum absolute atomic E-state index is 12.2. The lowest BCUT2D eigenvalue weighted by Gasteiger charge is -2.08. The number of anilines is 1. The highest BCUT2D eigenvalue weighted by Crippen LogP contribution is 2.18. The second-order valence-corrected chi connectivity index (χ2v) is 6.22. The van der Waals surface area contributed by atoms with Crippen LogP contribution in [0.15, 0.2) is 53.4 Å². The van der Waals surface area contributed by atoms with Gasteiger partial charge in [-0.25, -0.2) is 8.42 Å². The first-order valence-corrected chi connectivity index (χ1v) is 7.85. The van der Waals surface area contributed by atoms with Crippen molar-refractivity contribution in [1.82, 2.24) is 0 Å². The Kier molecular flexibility index (Phi) is 4.86. The average Bonchev–Trinajstić information content (AvgIpc) is 2.48. The van der Waals surface area contributed by atoms with Crippen LogP contribution in [0.1, 0.15) is 5.56 Å². The van der Waals surface area contributed by atoms with Crippen LogP contribution in [-0.2, 0) is 10.0 Å². The first kappa shape index (κ1) is 15.4. The molecule has 0 unspecified atom stereocenters. The van der Waals surface area contributed by atoms with Gasteiger partial charge in [0.15, 0.2) is 0 Å². The number of hydrogen-bond donors (Lipinski definition) is 2. The van der Waals surface area contributed by atoms with Crippen molar-refractivity contribution in [2.75, 3.05) is 11.3 Å². The predicted octanol–water partition coefficient (Wildman–Crippen LogP) is 2.48. The van der Waals surface area contributed by atoms with E-state index in [1.807, 2.05) is 0 Å². The topological polar surface area (TPSA) is 66.4 Å². The molecule has 108 valence electrons. The van der Waals surface area contributed by atoms with E-state index in [0.29, 0.717) is 16.3 Å². The molecule has 0 aliphatic rings. The van der Waals surface area contributed by atoms with Gasteiger partial charge in [0.1, 0.15) is 6.61 Å². The summed E-state index contributed by atoms with van der Waals surface area (Å²) >= 11 is 5.75. The van der Waals surface area contributed by atoms with Crippen molar-refractivity contribution >= 4 is 27.3 Å². The van der Waals surface area contributed by atoms with Crippen molar-refractivity contribution in [3.8, 4) is 11.8 Å². The van der Waals surface area contributed by atoms with Gasteiger partial charge in [-0.2, -0.15) is 0 Å². The zero-order valence-electron chi connectivity index (χ0n) is 10.9. The highest BCUT2D eigenvalue weighted by Gasteiger charge is 2.13. The number of sulfonamides is 1. The smallest absolute Gasteiger partial charge is 0.261 e. The van der Waals surface area contributed by atoms with Gasteiger partial charge in [0.25, 0.3) is 10.0 Å². The van der Waals surface area contributed by atoms with Crippen LogP contribution >= 0.6 is 11.6 Å². The molecule has 0 spiro atoms. The fourth-order valence-electron chi connectivity index (χ4n) is 1.59. The van der Waals surface area contributed by atoms with Gasteiger partial charge in [0.2, 0.25) is 0 Å². The summed E-state index contributed by atoms with van der Waals surface area (Å²) in [6.07, 6.45) is 0. The van der Waals surface area contributed by atoms with E-state index in [1.54, 1.807) is 36.4 Å². The molecule has 2 aromatic rings. The molecule has 0 amide bonds. The molecule has 2 aromatic carbocycles. The fourth-order valence-corrected chi connectivity index (χ4v) is 2.78. The van der Waals surface area contributed by atoms with Crippen LogP contribution < -0.4 is 4.72 Å². The molecule has 0 aromatic heterocycles. The van der Waals surface area contributed by atoms with E-state index in [2.05, 4.69) is 16.6 Å². The Bertz CT molecular complexity index is 772. The summed E-state index contributed by atoms with van der Waals surface area (Å²) in [7, 11) is -3.65. The first-order chi connectivity index (χ1) is 10.0. The van der Waals surface area contributed by atoms with E-state index in [0.717, 1.165) is 0 Å². The number of rotatable bonds is 3. The molecule has 2 N–H and O–H groups in total. The molecule has 2 rings (SSSR count). The van der Waals surface area contributed by atoms with Gasteiger partial charge in [-0.15, -0.1) is 0 Å². The van der Waals surface area contributed by atoms with Gasteiger partial charge in [-0.05, 0) is 48.5 Å². The van der Waals surface area contributed by atoms with Crippen molar-refractivity contribution in [2.24, 2.45) is 0 Å². The summed E-state index contributed by atoms with van der Waals surface area (Å²) in [5.74, 6) is 5.19. The molecule has 0 saturated heterocycles. The fraction of sp³-hybridized carbons (Fsp3) is 0.0667.